The summed E-state index contributed by atoms with van der Waals surface area (Å²) in [4.78, 5) is 14.8. The number of rotatable bonds is 8. The second-order valence-corrected chi connectivity index (χ2v) is 8.76. The maximum absolute atomic E-state index is 12.9. The Labute approximate surface area is 162 Å². The average Bonchev–Trinajstić information content (AvgIpc) is 2.68. The maximum atomic E-state index is 12.9. The smallest absolute Gasteiger partial charge is 0.253 e. The molecule has 6 heteroatoms. The van der Waals surface area contributed by atoms with E-state index in [2.05, 4.69) is 0 Å². The van der Waals surface area contributed by atoms with Crippen molar-refractivity contribution in [1.82, 2.24) is 9.21 Å². The Hall–Kier alpha value is -2.18. The predicted molar refractivity (Wildman–Crippen MR) is 108 cm³/mol. The van der Waals surface area contributed by atoms with Crippen molar-refractivity contribution < 1.29 is 13.2 Å². The molecule has 27 heavy (non-hydrogen) atoms. The van der Waals surface area contributed by atoms with Crippen molar-refractivity contribution in [3.05, 3.63) is 65.7 Å². The van der Waals surface area contributed by atoms with E-state index >= 15 is 0 Å². The highest BCUT2D eigenvalue weighted by molar-refractivity contribution is 7.89. The zero-order valence-electron chi connectivity index (χ0n) is 16.4. The van der Waals surface area contributed by atoms with Gasteiger partial charge in [0.25, 0.3) is 5.91 Å². The van der Waals surface area contributed by atoms with Gasteiger partial charge in [0, 0.05) is 31.7 Å². The summed E-state index contributed by atoms with van der Waals surface area (Å²) in [5.41, 5.74) is 1.56. The Morgan fingerprint density at radius 2 is 1.70 bits per heavy atom. The number of likely N-dealkylation sites (N-methyl/N-ethyl adjacent to an activating group) is 1. The molecule has 0 spiro atoms. The van der Waals surface area contributed by atoms with E-state index in [4.69, 9.17) is 0 Å². The first-order chi connectivity index (χ1) is 12.8. The van der Waals surface area contributed by atoms with Crippen molar-refractivity contribution in [3.63, 3.8) is 0 Å². The zero-order chi connectivity index (χ0) is 20.0. The van der Waals surface area contributed by atoms with Crippen molar-refractivity contribution in [2.24, 2.45) is 0 Å². The largest absolute Gasteiger partial charge is 0.339 e. The van der Waals surface area contributed by atoms with Crippen LogP contribution in [0.4, 0.5) is 0 Å². The van der Waals surface area contributed by atoms with Crippen LogP contribution in [-0.2, 0) is 16.4 Å². The molecule has 0 aromatic heterocycles. The minimum Gasteiger partial charge on any atom is -0.339 e. The van der Waals surface area contributed by atoms with Gasteiger partial charge in [0.2, 0.25) is 10.0 Å². The molecular formula is C21H28N2O3S. The van der Waals surface area contributed by atoms with Crippen LogP contribution in [0, 0.1) is 0 Å². The summed E-state index contributed by atoms with van der Waals surface area (Å²) in [5.74, 6) is -0.155. The number of benzene rings is 2. The van der Waals surface area contributed by atoms with E-state index in [0.29, 0.717) is 18.7 Å². The number of carbonyl (C=O) groups is 1. The summed E-state index contributed by atoms with van der Waals surface area (Å²) >= 11 is 0. The number of amides is 1. The van der Waals surface area contributed by atoms with Gasteiger partial charge < -0.3 is 4.90 Å². The fraction of sp³-hybridized carbons (Fsp3) is 0.381. The molecule has 2 rings (SSSR count). The molecule has 0 aliphatic carbocycles. The molecule has 0 bridgehead atoms. The molecule has 0 heterocycles. The van der Waals surface area contributed by atoms with Crippen LogP contribution in [0.3, 0.4) is 0 Å². The van der Waals surface area contributed by atoms with Crippen LogP contribution in [-0.4, -0.2) is 49.7 Å². The molecule has 0 radical (unpaired) electrons. The Bertz CT molecular complexity index is 864. The third-order valence-electron chi connectivity index (χ3n) is 4.67. The Morgan fingerprint density at radius 3 is 2.30 bits per heavy atom. The van der Waals surface area contributed by atoms with Crippen LogP contribution in [0.25, 0.3) is 0 Å². The number of sulfonamides is 1. The first-order valence-electron chi connectivity index (χ1n) is 9.18. The van der Waals surface area contributed by atoms with Crippen LogP contribution in [0.1, 0.15) is 36.7 Å². The highest BCUT2D eigenvalue weighted by atomic mass is 32.2. The fourth-order valence-electron chi connectivity index (χ4n) is 2.73. The predicted octanol–water partition coefficient (Wildman–Crippen LogP) is 3.42. The van der Waals surface area contributed by atoms with Gasteiger partial charge >= 0.3 is 0 Å². The van der Waals surface area contributed by atoms with E-state index in [1.165, 1.54) is 22.0 Å². The summed E-state index contributed by atoms with van der Waals surface area (Å²) in [5, 5.41) is 0. The summed E-state index contributed by atoms with van der Waals surface area (Å²) in [7, 11) is -2.07. The van der Waals surface area contributed by atoms with E-state index in [9.17, 15) is 13.2 Å². The molecule has 0 saturated heterocycles. The Balaban J connectivity index is 2.20. The van der Waals surface area contributed by atoms with Crippen molar-refractivity contribution in [3.8, 4) is 0 Å². The first kappa shape index (κ1) is 21.1. The number of carbonyl (C=O) groups excluding carboxylic acids is 1. The molecule has 2 aromatic carbocycles. The van der Waals surface area contributed by atoms with Crippen molar-refractivity contribution >= 4 is 15.9 Å². The molecular weight excluding hydrogens is 360 g/mol. The minimum atomic E-state index is -3.62. The van der Waals surface area contributed by atoms with Crippen molar-refractivity contribution in [2.75, 3.05) is 20.1 Å². The second kappa shape index (κ2) is 9.15. The Morgan fingerprint density at radius 1 is 1.04 bits per heavy atom. The topological polar surface area (TPSA) is 57.7 Å². The van der Waals surface area contributed by atoms with Gasteiger partial charge in [0.05, 0.1) is 4.90 Å². The molecule has 0 aliphatic heterocycles. The fourth-order valence-corrected chi connectivity index (χ4v) is 4.14. The zero-order valence-corrected chi connectivity index (χ0v) is 17.2. The standard InChI is InChI=1S/C21H28N2O3S/c1-5-23(15-14-18-10-7-6-8-11-18)21(24)19-12-9-13-20(16-19)27(25,26)22(4)17(2)3/h6-13,16-17H,5,14-15H2,1-4H3. The van der Waals surface area contributed by atoms with E-state index in [1.54, 1.807) is 24.1 Å². The lowest BCUT2D eigenvalue weighted by molar-refractivity contribution is 0.0766. The quantitative estimate of drug-likeness (QED) is 0.696. The third kappa shape index (κ3) is 5.17. The SMILES string of the molecule is CCN(CCc1ccccc1)C(=O)c1cccc(S(=O)(=O)N(C)C(C)C)c1. The monoisotopic (exact) mass is 388 g/mol. The van der Waals surface area contributed by atoms with Gasteiger partial charge in [-0.1, -0.05) is 36.4 Å². The lowest BCUT2D eigenvalue weighted by atomic mass is 10.1. The lowest BCUT2D eigenvalue weighted by Gasteiger charge is -2.23. The van der Waals surface area contributed by atoms with Crippen LogP contribution < -0.4 is 0 Å². The molecule has 0 saturated carbocycles. The van der Waals surface area contributed by atoms with E-state index in [-0.39, 0.29) is 16.8 Å². The summed E-state index contributed by atoms with van der Waals surface area (Å²) in [6.45, 7) is 6.71. The highest BCUT2D eigenvalue weighted by Crippen LogP contribution is 2.19. The molecule has 5 nitrogen and oxygen atoms in total. The maximum Gasteiger partial charge on any atom is 0.253 e. The van der Waals surface area contributed by atoms with Gasteiger partial charge in [-0.3, -0.25) is 4.79 Å². The van der Waals surface area contributed by atoms with Crippen molar-refractivity contribution in [2.45, 2.75) is 38.1 Å². The number of hydrogen-bond donors (Lipinski definition) is 0. The highest BCUT2D eigenvalue weighted by Gasteiger charge is 2.24. The second-order valence-electron chi connectivity index (χ2n) is 6.76. The molecule has 0 N–H and O–H groups in total. The summed E-state index contributed by atoms with van der Waals surface area (Å²) in [6, 6.07) is 16.1. The number of hydrogen-bond acceptors (Lipinski definition) is 3. The molecule has 0 atom stereocenters. The van der Waals surface area contributed by atoms with Gasteiger partial charge in [-0.2, -0.15) is 4.31 Å². The van der Waals surface area contributed by atoms with Crippen LogP contribution >= 0.6 is 0 Å². The molecule has 2 aromatic rings. The molecule has 0 fully saturated rings. The Kier molecular flexibility index (Phi) is 7.16. The number of nitrogens with zero attached hydrogens (tertiary/aromatic N) is 2. The third-order valence-corrected chi connectivity index (χ3v) is 6.70. The summed E-state index contributed by atoms with van der Waals surface area (Å²) in [6.07, 6.45) is 0.758. The lowest BCUT2D eigenvalue weighted by Crippen LogP contribution is -2.34. The molecule has 0 aliphatic rings. The van der Waals surface area contributed by atoms with Crippen LogP contribution in [0.5, 0.6) is 0 Å². The van der Waals surface area contributed by atoms with E-state index in [1.807, 2.05) is 51.1 Å². The molecule has 1 amide bonds. The van der Waals surface area contributed by atoms with Gasteiger partial charge in [0.15, 0.2) is 0 Å². The first-order valence-corrected chi connectivity index (χ1v) is 10.6. The average molecular weight is 389 g/mol. The molecule has 146 valence electrons. The van der Waals surface area contributed by atoms with Crippen LogP contribution in [0.2, 0.25) is 0 Å². The minimum absolute atomic E-state index is 0.142. The van der Waals surface area contributed by atoms with Gasteiger partial charge in [-0.25, -0.2) is 8.42 Å². The normalized spacial score (nSPS) is 11.8. The van der Waals surface area contributed by atoms with Gasteiger partial charge in [0.1, 0.15) is 0 Å². The van der Waals surface area contributed by atoms with Crippen LogP contribution in [0.15, 0.2) is 59.5 Å². The van der Waals surface area contributed by atoms with Gasteiger partial charge in [-0.15, -0.1) is 0 Å². The van der Waals surface area contributed by atoms with Crippen molar-refractivity contribution in [1.29, 1.82) is 0 Å². The van der Waals surface area contributed by atoms with Gasteiger partial charge in [-0.05, 0) is 51.0 Å². The molecule has 0 unspecified atom stereocenters. The van der Waals surface area contributed by atoms with E-state index in [0.717, 1.165) is 6.42 Å². The van der Waals surface area contributed by atoms with E-state index < -0.39 is 10.0 Å². The summed E-state index contributed by atoms with van der Waals surface area (Å²) < 4.78 is 26.7.